The van der Waals surface area contributed by atoms with Crippen LogP contribution in [0.25, 0.3) is 0 Å². The van der Waals surface area contributed by atoms with Gasteiger partial charge in [-0.2, -0.15) is 0 Å². The Labute approximate surface area is 102 Å². The van der Waals surface area contributed by atoms with Crippen molar-refractivity contribution in [3.05, 3.63) is 11.9 Å². The predicted molar refractivity (Wildman–Crippen MR) is 69.8 cm³/mol. The number of nitrogens with one attached hydrogen (secondary N) is 1. The van der Waals surface area contributed by atoms with Gasteiger partial charge in [-0.3, -0.25) is 0 Å². The third kappa shape index (κ3) is 4.19. The van der Waals surface area contributed by atoms with Crippen molar-refractivity contribution in [1.29, 1.82) is 0 Å². The average Bonchev–Trinajstić information content (AvgIpc) is 2.25. The highest BCUT2D eigenvalue weighted by Gasteiger charge is 2.13. The van der Waals surface area contributed by atoms with Gasteiger partial charge in [-0.25, -0.2) is 9.97 Å². The summed E-state index contributed by atoms with van der Waals surface area (Å²) in [4.78, 5) is 8.55. The molecule has 1 aromatic rings. The van der Waals surface area contributed by atoms with E-state index >= 15 is 0 Å². The fourth-order valence-corrected chi connectivity index (χ4v) is 1.54. The van der Waals surface area contributed by atoms with Crippen LogP contribution in [0, 0.1) is 5.92 Å². The Morgan fingerprint density at radius 2 is 2.12 bits per heavy atom. The molecule has 4 N–H and O–H groups in total. The van der Waals surface area contributed by atoms with E-state index in [0.29, 0.717) is 17.6 Å². The molecule has 1 heterocycles. The first-order valence-corrected chi connectivity index (χ1v) is 6.07. The van der Waals surface area contributed by atoms with E-state index in [2.05, 4.69) is 22.2 Å². The number of nitrogen functional groups attached to an aromatic ring is 1. The highest BCUT2D eigenvalue weighted by molar-refractivity contribution is 5.45. The van der Waals surface area contributed by atoms with Crippen LogP contribution in [0.5, 0.6) is 0 Å². The largest absolute Gasteiger partial charge is 0.394 e. The Balaban J connectivity index is 2.82. The van der Waals surface area contributed by atoms with Crippen molar-refractivity contribution in [2.24, 2.45) is 5.92 Å². The first kappa shape index (κ1) is 13.7. The summed E-state index contributed by atoms with van der Waals surface area (Å²) in [5, 5.41) is 12.4. The second-order valence-electron chi connectivity index (χ2n) is 4.52. The number of rotatable bonds is 6. The van der Waals surface area contributed by atoms with Gasteiger partial charge >= 0.3 is 0 Å². The van der Waals surface area contributed by atoms with E-state index in [-0.39, 0.29) is 12.6 Å². The zero-order valence-corrected chi connectivity index (χ0v) is 10.8. The summed E-state index contributed by atoms with van der Waals surface area (Å²) < 4.78 is 0. The van der Waals surface area contributed by atoms with Crippen LogP contribution in [-0.2, 0) is 6.42 Å². The molecule has 5 heteroatoms. The van der Waals surface area contributed by atoms with Crippen LogP contribution in [-0.4, -0.2) is 27.7 Å². The lowest BCUT2D eigenvalue weighted by Gasteiger charge is -2.20. The number of aliphatic hydroxyl groups excluding tert-OH is 1. The zero-order chi connectivity index (χ0) is 12.8. The SMILES string of the molecule is CCCc1nc(N)cc(N[C@H](CO)C(C)C)n1. The van der Waals surface area contributed by atoms with Gasteiger partial charge in [0.1, 0.15) is 17.5 Å². The van der Waals surface area contributed by atoms with E-state index in [1.54, 1.807) is 6.07 Å². The Morgan fingerprint density at radius 1 is 1.41 bits per heavy atom. The van der Waals surface area contributed by atoms with Crippen LogP contribution in [0.4, 0.5) is 11.6 Å². The molecule has 0 bridgehead atoms. The fraction of sp³-hybridized carbons (Fsp3) is 0.667. The molecule has 0 radical (unpaired) electrons. The lowest BCUT2D eigenvalue weighted by Crippen LogP contribution is -2.30. The Bertz CT molecular complexity index is 354. The summed E-state index contributed by atoms with van der Waals surface area (Å²) in [5.41, 5.74) is 5.73. The minimum absolute atomic E-state index is 0.0150. The van der Waals surface area contributed by atoms with Gasteiger partial charge in [-0.15, -0.1) is 0 Å². The molecule has 17 heavy (non-hydrogen) atoms. The van der Waals surface area contributed by atoms with Gasteiger partial charge in [-0.05, 0) is 12.3 Å². The summed E-state index contributed by atoms with van der Waals surface area (Å²) in [5.74, 6) is 2.22. The molecule has 0 aliphatic carbocycles. The van der Waals surface area contributed by atoms with Crippen molar-refractivity contribution in [2.45, 2.75) is 39.7 Å². The number of nitrogens with zero attached hydrogens (tertiary/aromatic N) is 2. The zero-order valence-electron chi connectivity index (χ0n) is 10.8. The first-order valence-electron chi connectivity index (χ1n) is 6.07. The van der Waals surface area contributed by atoms with Crippen molar-refractivity contribution in [3.8, 4) is 0 Å². The van der Waals surface area contributed by atoms with E-state index in [9.17, 15) is 5.11 Å². The molecule has 0 aliphatic heterocycles. The van der Waals surface area contributed by atoms with Gasteiger partial charge in [0.15, 0.2) is 0 Å². The van der Waals surface area contributed by atoms with Gasteiger partial charge in [0.25, 0.3) is 0 Å². The number of aromatic nitrogens is 2. The van der Waals surface area contributed by atoms with E-state index < -0.39 is 0 Å². The molecule has 0 aliphatic rings. The summed E-state index contributed by atoms with van der Waals surface area (Å²) in [6.07, 6.45) is 1.79. The molecule has 0 saturated carbocycles. The van der Waals surface area contributed by atoms with E-state index in [0.717, 1.165) is 18.7 Å². The third-order valence-electron chi connectivity index (χ3n) is 2.60. The van der Waals surface area contributed by atoms with Gasteiger partial charge in [0.2, 0.25) is 0 Å². The highest BCUT2D eigenvalue weighted by atomic mass is 16.3. The molecule has 96 valence electrons. The Hall–Kier alpha value is -1.36. The van der Waals surface area contributed by atoms with Crippen molar-refractivity contribution < 1.29 is 5.11 Å². The maximum atomic E-state index is 9.26. The number of anilines is 2. The van der Waals surface area contributed by atoms with Crippen molar-refractivity contribution in [1.82, 2.24) is 9.97 Å². The third-order valence-corrected chi connectivity index (χ3v) is 2.60. The average molecular weight is 238 g/mol. The molecule has 5 nitrogen and oxygen atoms in total. The van der Waals surface area contributed by atoms with Gasteiger partial charge in [0, 0.05) is 12.5 Å². The van der Waals surface area contributed by atoms with Gasteiger partial charge < -0.3 is 16.2 Å². The number of hydrogen-bond acceptors (Lipinski definition) is 5. The van der Waals surface area contributed by atoms with E-state index in [1.165, 1.54) is 0 Å². The smallest absolute Gasteiger partial charge is 0.133 e. The van der Waals surface area contributed by atoms with Crippen LogP contribution in [0.2, 0.25) is 0 Å². The van der Waals surface area contributed by atoms with Crippen LogP contribution in [0.1, 0.15) is 33.0 Å². The fourth-order valence-electron chi connectivity index (χ4n) is 1.54. The number of hydrogen-bond donors (Lipinski definition) is 3. The lowest BCUT2D eigenvalue weighted by atomic mass is 10.1. The molecule has 0 aromatic carbocycles. The Morgan fingerprint density at radius 3 is 2.65 bits per heavy atom. The second-order valence-corrected chi connectivity index (χ2v) is 4.52. The monoisotopic (exact) mass is 238 g/mol. The molecule has 1 aromatic heterocycles. The maximum Gasteiger partial charge on any atom is 0.133 e. The molecule has 0 unspecified atom stereocenters. The lowest BCUT2D eigenvalue weighted by molar-refractivity contribution is 0.249. The van der Waals surface area contributed by atoms with Crippen LogP contribution in [0.15, 0.2) is 6.07 Å². The highest BCUT2D eigenvalue weighted by Crippen LogP contribution is 2.13. The number of nitrogens with two attached hydrogens (primary N) is 1. The number of aryl methyl sites for hydroxylation is 1. The van der Waals surface area contributed by atoms with Crippen LogP contribution in [0.3, 0.4) is 0 Å². The minimum Gasteiger partial charge on any atom is -0.394 e. The molecule has 0 amide bonds. The van der Waals surface area contributed by atoms with E-state index in [1.807, 2.05) is 13.8 Å². The molecule has 1 atom stereocenters. The predicted octanol–water partition coefficient (Wildman–Crippen LogP) is 1.44. The van der Waals surface area contributed by atoms with Crippen LogP contribution < -0.4 is 11.1 Å². The number of aliphatic hydroxyl groups is 1. The van der Waals surface area contributed by atoms with E-state index in [4.69, 9.17) is 5.73 Å². The quantitative estimate of drug-likeness (QED) is 0.698. The van der Waals surface area contributed by atoms with Crippen molar-refractivity contribution in [3.63, 3.8) is 0 Å². The topological polar surface area (TPSA) is 84.1 Å². The molecule has 1 rings (SSSR count). The van der Waals surface area contributed by atoms with Crippen molar-refractivity contribution in [2.75, 3.05) is 17.7 Å². The van der Waals surface area contributed by atoms with Gasteiger partial charge in [-0.1, -0.05) is 20.8 Å². The molecule has 0 fully saturated rings. The summed E-state index contributed by atoms with van der Waals surface area (Å²) >= 11 is 0. The van der Waals surface area contributed by atoms with Crippen molar-refractivity contribution >= 4 is 11.6 Å². The summed E-state index contributed by atoms with van der Waals surface area (Å²) in [7, 11) is 0. The van der Waals surface area contributed by atoms with Crippen LogP contribution >= 0.6 is 0 Å². The molecule has 0 spiro atoms. The second kappa shape index (κ2) is 6.39. The maximum absolute atomic E-state index is 9.26. The minimum atomic E-state index is -0.0150. The normalized spacial score (nSPS) is 12.8. The Kier molecular flexibility index (Phi) is 5.15. The summed E-state index contributed by atoms with van der Waals surface area (Å²) in [6, 6.07) is 1.68. The first-order chi connectivity index (χ1) is 8.06. The summed E-state index contributed by atoms with van der Waals surface area (Å²) in [6.45, 7) is 6.24. The standard InChI is InChI=1S/C12H22N4O/c1-4-5-11-15-10(13)6-12(16-11)14-9(7-17)8(2)3/h6,8-9,17H,4-5,7H2,1-3H3,(H3,13,14,15,16)/t9-/m1/s1. The molecular formula is C12H22N4O. The molecular weight excluding hydrogens is 216 g/mol. The van der Waals surface area contributed by atoms with Gasteiger partial charge in [0.05, 0.1) is 12.6 Å². The molecule has 0 saturated heterocycles.